The number of amides is 2. The molecule has 3 N–H and O–H groups in total. The van der Waals surface area contributed by atoms with Crippen LogP contribution in [0.3, 0.4) is 0 Å². The van der Waals surface area contributed by atoms with Crippen LogP contribution < -0.4 is 10.7 Å². The molecule has 0 saturated carbocycles. The number of hydrogen-bond donors (Lipinski definition) is 3. The number of anilines is 1. The van der Waals surface area contributed by atoms with E-state index in [1.807, 2.05) is 0 Å². The number of rotatable bonds is 3. The SMILES string of the molecule is Cc1cc(NC(=O)NN(C)C)ccc1C(=O)O. The fraction of sp³-hybridized carbons (Fsp3) is 0.273. The summed E-state index contributed by atoms with van der Waals surface area (Å²) < 4.78 is 0. The van der Waals surface area contributed by atoms with Crippen molar-refractivity contribution in [1.82, 2.24) is 10.4 Å². The molecule has 0 aliphatic carbocycles. The third-order valence-electron chi connectivity index (χ3n) is 2.04. The number of benzene rings is 1. The number of carbonyl (C=O) groups is 2. The van der Waals surface area contributed by atoms with Crippen molar-refractivity contribution in [1.29, 1.82) is 0 Å². The number of carbonyl (C=O) groups excluding carboxylic acids is 1. The summed E-state index contributed by atoms with van der Waals surface area (Å²) in [5, 5.41) is 13.0. The molecule has 0 heterocycles. The van der Waals surface area contributed by atoms with Crippen molar-refractivity contribution in [3.8, 4) is 0 Å². The van der Waals surface area contributed by atoms with E-state index >= 15 is 0 Å². The number of urea groups is 1. The van der Waals surface area contributed by atoms with E-state index in [1.54, 1.807) is 33.2 Å². The molecule has 6 nitrogen and oxygen atoms in total. The van der Waals surface area contributed by atoms with Crippen LogP contribution in [0.15, 0.2) is 18.2 Å². The van der Waals surface area contributed by atoms with Gasteiger partial charge in [0.15, 0.2) is 0 Å². The van der Waals surface area contributed by atoms with Crippen molar-refractivity contribution in [2.45, 2.75) is 6.92 Å². The van der Waals surface area contributed by atoms with Crippen molar-refractivity contribution in [2.75, 3.05) is 19.4 Å². The number of nitrogens with zero attached hydrogens (tertiary/aromatic N) is 1. The molecule has 1 aromatic carbocycles. The van der Waals surface area contributed by atoms with E-state index in [9.17, 15) is 9.59 Å². The standard InChI is InChI=1S/C11H15N3O3/c1-7-6-8(4-5-9(7)10(15)16)12-11(17)13-14(2)3/h4-6H,1-3H3,(H,15,16)(H2,12,13,17). The summed E-state index contributed by atoms with van der Waals surface area (Å²) in [6.45, 7) is 1.68. The van der Waals surface area contributed by atoms with E-state index in [2.05, 4.69) is 10.7 Å². The van der Waals surface area contributed by atoms with Crippen LogP contribution in [0.1, 0.15) is 15.9 Å². The van der Waals surface area contributed by atoms with Crippen LogP contribution in [0.5, 0.6) is 0 Å². The fourth-order valence-corrected chi connectivity index (χ4v) is 1.34. The van der Waals surface area contributed by atoms with Crippen LogP contribution in [0.25, 0.3) is 0 Å². The summed E-state index contributed by atoms with van der Waals surface area (Å²) in [6.07, 6.45) is 0. The van der Waals surface area contributed by atoms with Gasteiger partial charge in [0, 0.05) is 19.8 Å². The third-order valence-corrected chi connectivity index (χ3v) is 2.04. The number of hydrazine groups is 1. The summed E-state index contributed by atoms with van der Waals surface area (Å²) in [6, 6.07) is 4.24. The minimum atomic E-state index is -0.980. The molecule has 2 amide bonds. The summed E-state index contributed by atoms with van der Waals surface area (Å²) in [7, 11) is 3.39. The maximum Gasteiger partial charge on any atom is 0.335 e. The molecule has 17 heavy (non-hydrogen) atoms. The molecule has 1 rings (SSSR count). The van der Waals surface area contributed by atoms with Crippen molar-refractivity contribution >= 4 is 17.7 Å². The minimum absolute atomic E-state index is 0.226. The lowest BCUT2D eigenvalue weighted by Crippen LogP contribution is -2.39. The predicted octanol–water partition coefficient (Wildman–Crippen LogP) is 1.29. The van der Waals surface area contributed by atoms with E-state index in [-0.39, 0.29) is 11.6 Å². The van der Waals surface area contributed by atoms with Crippen LogP contribution in [0, 0.1) is 6.92 Å². The van der Waals surface area contributed by atoms with Crippen LogP contribution in [-0.2, 0) is 0 Å². The van der Waals surface area contributed by atoms with Crippen LogP contribution >= 0.6 is 0 Å². The number of aryl methyl sites for hydroxylation is 1. The first kappa shape index (κ1) is 13.0. The number of aromatic carboxylic acids is 1. The van der Waals surface area contributed by atoms with Gasteiger partial charge in [-0.05, 0) is 30.7 Å². The van der Waals surface area contributed by atoms with Crippen LogP contribution in [0.4, 0.5) is 10.5 Å². The Hall–Kier alpha value is -2.08. The van der Waals surface area contributed by atoms with Crippen molar-refractivity contribution in [3.05, 3.63) is 29.3 Å². The molecule has 0 aliphatic heterocycles. The smallest absolute Gasteiger partial charge is 0.335 e. The first-order valence-electron chi connectivity index (χ1n) is 4.99. The zero-order valence-corrected chi connectivity index (χ0v) is 9.94. The highest BCUT2D eigenvalue weighted by Gasteiger charge is 2.08. The van der Waals surface area contributed by atoms with Gasteiger partial charge in [0.05, 0.1) is 5.56 Å². The lowest BCUT2D eigenvalue weighted by molar-refractivity contribution is 0.0696. The summed E-state index contributed by atoms with van der Waals surface area (Å²) >= 11 is 0. The van der Waals surface area contributed by atoms with E-state index in [4.69, 9.17) is 5.11 Å². The highest BCUT2D eigenvalue weighted by molar-refractivity contribution is 5.92. The van der Waals surface area contributed by atoms with Gasteiger partial charge in [-0.1, -0.05) is 0 Å². The molecular weight excluding hydrogens is 222 g/mol. The fourth-order valence-electron chi connectivity index (χ4n) is 1.34. The molecule has 1 aromatic rings. The van der Waals surface area contributed by atoms with E-state index < -0.39 is 5.97 Å². The van der Waals surface area contributed by atoms with Gasteiger partial charge in [0.2, 0.25) is 0 Å². The molecule has 0 spiro atoms. The average Bonchev–Trinajstić information content (AvgIpc) is 2.15. The van der Waals surface area contributed by atoms with Gasteiger partial charge in [-0.15, -0.1) is 0 Å². The van der Waals surface area contributed by atoms with Crippen LogP contribution in [-0.4, -0.2) is 36.2 Å². The third kappa shape index (κ3) is 3.76. The lowest BCUT2D eigenvalue weighted by atomic mass is 10.1. The van der Waals surface area contributed by atoms with Gasteiger partial charge in [-0.25, -0.2) is 14.6 Å². The van der Waals surface area contributed by atoms with E-state index in [1.165, 1.54) is 11.1 Å². The van der Waals surface area contributed by atoms with Gasteiger partial charge in [-0.3, -0.25) is 5.43 Å². The molecular formula is C11H15N3O3. The van der Waals surface area contributed by atoms with Gasteiger partial charge >= 0.3 is 12.0 Å². The number of nitrogens with one attached hydrogen (secondary N) is 2. The molecule has 6 heteroatoms. The maximum absolute atomic E-state index is 11.4. The zero-order chi connectivity index (χ0) is 13.0. The second-order valence-corrected chi connectivity index (χ2v) is 3.80. The van der Waals surface area contributed by atoms with Crippen molar-refractivity contribution in [3.63, 3.8) is 0 Å². The molecule has 0 fully saturated rings. The Morgan fingerprint density at radius 3 is 2.41 bits per heavy atom. The van der Waals surface area contributed by atoms with Crippen LogP contribution in [0.2, 0.25) is 0 Å². The molecule has 0 radical (unpaired) electrons. The lowest BCUT2D eigenvalue weighted by Gasteiger charge is -2.13. The number of carboxylic acids is 1. The van der Waals surface area contributed by atoms with Crippen molar-refractivity contribution in [2.24, 2.45) is 0 Å². The molecule has 0 bridgehead atoms. The Morgan fingerprint density at radius 2 is 1.94 bits per heavy atom. The molecule has 0 saturated heterocycles. The Morgan fingerprint density at radius 1 is 1.29 bits per heavy atom. The highest BCUT2D eigenvalue weighted by atomic mass is 16.4. The van der Waals surface area contributed by atoms with Gasteiger partial charge in [-0.2, -0.15) is 0 Å². The summed E-state index contributed by atoms with van der Waals surface area (Å²) in [5.74, 6) is -0.980. The van der Waals surface area contributed by atoms with E-state index in [0.29, 0.717) is 11.3 Å². The molecule has 0 atom stereocenters. The normalized spacial score (nSPS) is 10.1. The monoisotopic (exact) mass is 237 g/mol. The molecule has 92 valence electrons. The zero-order valence-electron chi connectivity index (χ0n) is 9.94. The Balaban J connectivity index is 2.77. The average molecular weight is 237 g/mol. The second kappa shape index (κ2) is 5.31. The quantitative estimate of drug-likeness (QED) is 0.692. The van der Waals surface area contributed by atoms with Gasteiger partial charge in [0.1, 0.15) is 0 Å². The Kier molecular flexibility index (Phi) is 4.06. The molecule has 0 unspecified atom stereocenters. The summed E-state index contributed by atoms with van der Waals surface area (Å²) in [4.78, 5) is 22.2. The predicted molar refractivity (Wildman–Crippen MR) is 64.0 cm³/mol. The minimum Gasteiger partial charge on any atom is -0.478 e. The maximum atomic E-state index is 11.4. The number of hydrogen-bond acceptors (Lipinski definition) is 3. The first-order valence-corrected chi connectivity index (χ1v) is 4.99. The Bertz CT molecular complexity index is 444. The van der Waals surface area contributed by atoms with E-state index in [0.717, 1.165) is 0 Å². The largest absolute Gasteiger partial charge is 0.478 e. The molecule has 0 aliphatic rings. The second-order valence-electron chi connectivity index (χ2n) is 3.80. The number of carboxylic acid groups (broad SMARTS) is 1. The summed E-state index contributed by atoms with van der Waals surface area (Å²) in [5.41, 5.74) is 3.89. The van der Waals surface area contributed by atoms with Gasteiger partial charge < -0.3 is 10.4 Å². The van der Waals surface area contributed by atoms with Crippen molar-refractivity contribution < 1.29 is 14.7 Å². The first-order chi connectivity index (χ1) is 7.90. The highest BCUT2D eigenvalue weighted by Crippen LogP contribution is 2.15. The van der Waals surface area contributed by atoms with Gasteiger partial charge in [0.25, 0.3) is 0 Å². The topological polar surface area (TPSA) is 81.7 Å². The molecule has 0 aromatic heterocycles. The Labute approximate surface area is 99.2 Å².